The number of methoxy groups -OCH3 is 1. The molecule has 0 saturated carbocycles. The van der Waals surface area contributed by atoms with E-state index in [0.29, 0.717) is 5.75 Å². The number of rotatable bonds is 6. The van der Waals surface area contributed by atoms with Gasteiger partial charge in [-0.3, -0.25) is 0 Å². The number of phenols is 1. The van der Waals surface area contributed by atoms with Crippen LogP contribution < -0.4 is 10.1 Å². The number of nitrogens with one attached hydrogen (secondary N) is 1. The van der Waals surface area contributed by atoms with Crippen molar-refractivity contribution in [3.05, 3.63) is 23.8 Å². The zero-order chi connectivity index (χ0) is 12.0. The Kier molecular flexibility index (Phi) is 5.08. The standard InChI is InChI=1S/C12H20N2O2/c1-13-6-7-14(2)9-10-4-5-11(16-3)8-12(10)15/h4-5,8,13,15H,6-7,9H2,1-3H3. The summed E-state index contributed by atoms with van der Waals surface area (Å²) in [5.41, 5.74) is 0.916. The molecule has 0 heterocycles. The molecule has 0 fully saturated rings. The van der Waals surface area contributed by atoms with Crippen LogP contribution in [0.5, 0.6) is 11.5 Å². The molecule has 1 aromatic rings. The monoisotopic (exact) mass is 224 g/mol. The molecule has 2 N–H and O–H groups in total. The molecular formula is C12H20N2O2. The minimum absolute atomic E-state index is 0.288. The first-order valence-electron chi connectivity index (χ1n) is 5.36. The van der Waals surface area contributed by atoms with E-state index in [1.54, 1.807) is 13.2 Å². The highest BCUT2D eigenvalue weighted by Crippen LogP contribution is 2.24. The predicted molar refractivity (Wildman–Crippen MR) is 64.9 cm³/mol. The Labute approximate surface area is 96.8 Å². The molecule has 0 atom stereocenters. The van der Waals surface area contributed by atoms with Gasteiger partial charge in [0.15, 0.2) is 0 Å². The van der Waals surface area contributed by atoms with Gasteiger partial charge in [-0.1, -0.05) is 6.07 Å². The normalized spacial score (nSPS) is 10.8. The second-order valence-electron chi connectivity index (χ2n) is 3.84. The van der Waals surface area contributed by atoms with E-state index < -0.39 is 0 Å². The first kappa shape index (κ1) is 12.8. The summed E-state index contributed by atoms with van der Waals surface area (Å²) in [6, 6.07) is 5.40. The first-order chi connectivity index (χ1) is 7.67. The molecule has 0 saturated heterocycles. The lowest BCUT2D eigenvalue weighted by molar-refractivity contribution is 0.320. The van der Waals surface area contributed by atoms with E-state index in [2.05, 4.69) is 10.2 Å². The van der Waals surface area contributed by atoms with Crippen molar-refractivity contribution in [2.75, 3.05) is 34.3 Å². The van der Waals surface area contributed by atoms with Gasteiger partial charge in [0.1, 0.15) is 11.5 Å². The van der Waals surface area contributed by atoms with Gasteiger partial charge >= 0.3 is 0 Å². The largest absolute Gasteiger partial charge is 0.507 e. The quantitative estimate of drug-likeness (QED) is 0.758. The number of hydrogen-bond donors (Lipinski definition) is 2. The minimum atomic E-state index is 0.288. The van der Waals surface area contributed by atoms with E-state index in [1.807, 2.05) is 26.2 Å². The zero-order valence-corrected chi connectivity index (χ0v) is 10.2. The Hall–Kier alpha value is -1.26. The van der Waals surface area contributed by atoms with Gasteiger partial charge in [-0.25, -0.2) is 0 Å². The number of nitrogens with zero attached hydrogens (tertiary/aromatic N) is 1. The van der Waals surface area contributed by atoms with Crippen LogP contribution in [0.1, 0.15) is 5.56 Å². The molecule has 1 aromatic carbocycles. The van der Waals surface area contributed by atoms with Crippen molar-refractivity contribution in [1.29, 1.82) is 0 Å². The number of likely N-dealkylation sites (N-methyl/N-ethyl adjacent to an activating group) is 2. The van der Waals surface area contributed by atoms with E-state index in [9.17, 15) is 5.11 Å². The maximum absolute atomic E-state index is 9.77. The van der Waals surface area contributed by atoms with Crippen LogP contribution in [-0.2, 0) is 6.54 Å². The van der Waals surface area contributed by atoms with E-state index in [-0.39, 0.29) is 5.75 Å². The topological polar surface area (TPSA) is 44.7 Å². The van der Waals surface area contributed by atoms with Gasteiger partial charge in [-0.15, -0.1) is 0 Å². The van der Waals surface area contributed by atoms with Crippen LogP contribution in [0, 0.1) is 0 Å². The van der Waals surface area contributed by atoms with E-state index in [1.165, 1.54) is 0 Å². The summed E-state index contributed by atoms with van der Waals surface area (Å²) in [4.78, 5) is 2.15. The maximum atomic E-state index is 9.77. The van der Waals surface area contributed by atoms with Crippen molar-refractivity contribution >= 4 is 0 Å². The molecule has 16 heavy (non-hydrogen) atoms. The van der Waals surface area contributed by atoms with Gasteiger partial charge in [0.25, 0.3) is 0 Å². The zero-order valence-electron chi connectivity index (χ0n) is 10.2. The molecule has 1 rings (SSSR count). The number of benzene rings is 1. The molecule has 0 aliphatic carbocycles. The fourth-order valence-electron chi connectivity index (χ4n) is 1.48. The van der Waals surface area contributed by atoms with Crippen molar-refractivity contribution in [3.8, 4) is 11.5 Å². The second kappa shape index (κ2) is 6.35. The van der Waals surface area contributed by atoms with Gasteiger partial charge in [0.05, 0.1) is 7.11 Å². The van der Waals surface area contributed by atoms with Crippen LogP contribution in [0.3, 0.4) is 0 Å². The SMILES string of the molecule is CNCCN(C)Cc1ccc(OC)cc1O. The molecule has 0 aliphatic heterocycles. The number of phenolic OH excluding ortho intramolecular Hbond substituents is 1. The van der Waals surface area contributed by atoms with Crippen molar-refractivity contribution in [2.45, 2.75) is 6.54 Å². The Bertz CT molecular complexity index is 329. The molecule has 0 aliphatic rings. The predicted octanol–water partition coefficient (Wildman–Crippen LogP) is 1.05. The fourth-order valence-corrected chi connectivity index (χ4v) is 1.48. The summed E-state index contributed by atoms with van der Waals surface area (Å²) in [6.45, 7) is 2.62. The molecule has 0 unspecified atom stereocenters. The molecule has 90 valence electrons. The summed E-state index contributed by atoms with van der Waals surface area (Å²) in [6.07, 6.45) is 0. The third kappa shape index (κ3) is 3.72. The molecule has 4 nitrogen and oxygen atoms in total. The first-order valence-corrected chi connectivity index (χ1v) is 5.36. The molecule has 0 spiro atoms. The highest BCUT2D eigenvalue weighted by atomic mass is 16.5. The summed E-state index contributed by atoms with van der Waals surface area (Å²) < 4.78 is 5.04. The van der Waals surface area contributed by atoms with E-state index in [0.717, 1.165) is 25.2 Å². The molecular weight excluding hydrogens is 204 g/mol. The van der Waals surface area contributed by atoms with Crippen molar-refractivity contribution in [1.82, 2.24) is 10.2 Å². The number of hydrogen-bond acceptors (Lipinski definition) is 4. The van der Waals surface area contributed by atoms with Gasteiger partial charge in [0, 0.05) is 31.3 Å². The average Bonchev–Trinajstić information content (AvgIpc) is 2.29. The lowest BCUT2D eigenvalue weighted by Gasteiger charge is -2.17. The maximum Gasteiger partial charge on any atom is 0.123 e. The lowest BCUT2D eigenvalue weighted by atomic mass is 10.2. The van der Waals surface area contributed by atoms with Crippen LogP contribution in [0.2, 0.25) is 0 Å². The Balaban J connectivity index is 2.59. The molecule has 0 aromatic heterocycles. The van der Waals surface area contributed by atoms with Crippen LogP contribution in [-0.4, -0.2) is 44.3 Å². The summed E-state index contributed by atoms with van der Waals surface area (Å²) in [5, 5.41) is 12.9. The fraction of sp³-hybridized carbons (Fsp3) is 0.500. The summed E-state index contributed by atoms with van der Waals surface area (Å²) in [5.74, 6) is 0.967. The van der Waals surface area contributed by atoms with E-state index >= 15 is 0 Å². The third-order valence-electron chi connectivity index (χ3n) is 2.48. The number of ether oxygens (including phenoxy) is 1. The third-order valence-corrected chi connectivity index (χ3v) is 2.48. The Morgan fingerprint density at radius 2 is 2.19 bits per heavy atom. The van der Waals surface area contributed by atoms with Gasteiger partial charge in [-0.05, 0) is 20.2 Å². The summed E-state index contributed by atoms with van der Waals surface area (Å²) >= 11 is 0. The number of aromatic hydroxyl groups is 1. The smallest absolute Gasteiger partial charge is 0.123 e. The minimum Gasteiger partial charge on any atom is -0.507 e. The van der Waals surface area contributed by atoms with Crippen LogP contribution in [0.4, 0.5) is 0 Å². The molecule has 0 bridgehead atoms. The Morgan fingerprint density at radius 1 is 1.44 bits per heavy atom. The summed E-state index contributed by atoms with van der Waals surface area (Å²) in [7, 11) is 5.55. The highest BCUT2D eigenvalue weighted by molar-refractivity contribution is 5.39. The van der Waals surface area contributed by atoms with Gasteiger partial charge in [-0.2, -0.15) is 0 Å². The van der Waals surface area contributed by atoms with Crippen LogP contribution >= 0.6 is 0 Å². The van der Waals surface area contributed by atoms with Crippen LogP contribution in [0.25, 0.3) is 0 Å². The van der Waals surface area contributed by atoms with Gasteiger partial charge < -0.3 is 20.1 Å². The van der Waals surface area contributed by atoms with Crippen molar-refractivity contribution in [3.63, 3.8) is 0 Å². The van der Waals surface area contributed by atoms with E-state index in [4.69, 9.17) is 4.74 Å². The van der Waals surface area contributed by atoms with Crippen molar-refractivity contribution < 1.29 is 9.84 Å². The highest BCUT2D eigenvalue weighted by Gasteiger charge is 2.05. The van der Waals surface area contributed by atoms with Crippen LogP contribution in [0.15, 0.2) is 18.2 Å². The second-order valence-corrected chi connectivity index (χ2v) is 3.84. The molecule has 0 amide bonds. The molecule has 0 radical (unpaired) electrons. The lowest BCUT2D eigenvalue weighted by Crippen LogP contribution is -2.26. The Morgan fingerprint density at radius 3 is 2.75 bits per heavy atom. The average molecular weight is 224 g/mol. The van der Waals surface area contributed by atoms with Crippen molar-refractivity contribution in [2.24, 2.45) is 0 Å². The van der Waals surface area contributed by atoms with Gasteiger partial charge in [0.2, 0.25) is 0 Å². The molecule has 4 heteroatoms.